The highest BCUT2D eigenvalue weighted by Crippen LogP contribution is 2.25. The lowest BCUT2D eigenvalue weighted by Crippen LogP contribution is -2.04. The van der Waals surface area contributed by atoms with E-state index in [1.54, 1.807) is 18.2 Å². The molecule has 0 saturated heterocycles. The summed E-state index contributed by atoms with van der Waals surface area (Å²) in [6.45, 7) is -0.0534. The van der Waals surface area contributed by atoms with Gasteiger partial charge in [-0.25, -0.2) is 9.48 Å². The Kier molecular flexibility index (Phi) is 3.39. The Bertz CT molecular complexity index is 645. The maximum absolute atomic E-state index is 11.1. The van der Waals surface area contributed by atoms with E-state index in [2.05, 4.69) is 26.2 Å². The highest BCUT2D eigenvalue weighted by Gasteiger charge is 2.20. The van der Waals surface area contributed by atoms with E-state index in [4.69, 9.17) is 10.4 Å². The molecule has 0 spiro atoms. The lowest BCUT2D eigenvalue weighted by molar-refractivity contribution is 0.0691. The SMILES string of the molecule is N#CCn1nnc(C(=O)O)c1-c1cccc(Br)c1. The molecule has 0 saturated carbocycles. The molecule has 1 aromatic heterocycles. The highest BCUT2D eigenvalue weighted by atomic mass is 79.9. The van der Waals surface area contributed by atoms with E-state index in [1.807, 2.05) is 12.1 Å². The Labute approximate surface area is 111 Å². The minimum atomic E-state index is -1.17. The van der Waals surface area contributed by atoms with Gasteiger partial charge in [0.25, 0.3) is 0 Å². The van der Waals surface area contributed by atoms with E-state index in [1.165, 1.54) is 4.68 Å². The summed E-state index contributed by atoms with van der Waals surface area (Å²) >= 11 is 3.31. The number of aromatic carboxylic acids is 1. The number of nitriles is 1. The Balaban J connectivity index is 2.63. The van der Waals surface area contributed by atoms with Crippen molar-refractivity contribution in [2.45, 2.75) is 6.54 Å². The zero-order valence-corrected chi connectivity index (χ0v) is 10.6. The quantitative estimate of drug-likeness (QED) is 0.935. The summed E-state index contributed by atoms with van der Waals surface area (Å²) < 4.78 is 2.08. The second-order valence-electron chi connectivity index (χ2n) is 3.42. The molecular weight excluding hydrogens is 300 g/mol. The van der Waals surface area contributed by atoms with Crippen molar-refractivity contribution in [2.75, 3.05) is 0 Å². The first-order valence-corrected chi connectivity index (χ1v) is 5.72. The van der Waals surface area contributed by atoms with E-state index in [9.17, 15) is 4.79 Å². The number of halogens is 1. The van der Waals surface area contributed by atoms with Crippen LogP contribution in [0.25, 0.3) is 11.3 Å². The van der Waals surface area contributed by atoms with E-state index >= 15 is 0 Å². The number of carboxylic acids is 1. The summed E-state index contributed by atoms with van der Waals surface area (Å²) in [5, 5.41) is 25.0. The Hall–Kier alpha value is -2.20. The fourth-order valence-corrected chi connectivity index (χ4v) is 1.96. The molecular formula is C11H7BrN4O2. The topological polar surface area (TPSA) is 91.8 Å². The molecule has 0 fully saturated rings. The van der Waals surface area contributed by atoms with Gasteiger partial charge in [-0.05, 0) is 12.1 Å². The van der Waals surface area contributed by atoms with Crippen molar-refractivity contribution in [2.24, 2.45) is 0 Å². The smallest absolute Gasteiger partial charge is 0.358 e. The third kappa shape index (κ3) is 2.24. The monoisotopic (exact) mass is 306 g/mol. The zero-order valence-electron chi connectivity index (χ0n) is 9.04. The van der Waals surface area contributed by atoms with Crippen LogP contribution in [0.4, 0.5) is 0 Å². The fourth-order valence-electron chi connectivity index (χ4n) is 1.56. The predicted octanol–water partition coefficient (Wildman–Crippen LogP) is 1.93. The molecule has 0 radical (unpaired) electrons. The zero-order chi connectivity index (χ0) is 13.1. The second-order valence-corrected chi connectivity index (χ2v) is 4.33. The number of nitrogens with zero attached hydrogens (tertiary/aromatic N) is 4. The van der Waals surface area contributed by atoms with Gasteiger partial charge in [-0.15, -0.1) is 5.10 Å². The highest BCUT2D eigenvalue weighted by molar-refractivity contribution is 9.10. The van der Waals surface area contributed by atoms with E-state index in [0.29, 0.717) is 11.3 Å². The molecule has 0 aliphatic carbocycles. The van der Waals surface area contributed by atoms with Crippen LogP contribution in [-0.4, -0.2) is 26.1 Å². The van der Waals surface area contributed by atoms with Gasteiger partial charge in [-0.2, -0.15) is 5.26 Å². The molecule has 0 aliphatic rings. The van der Waals surface area contributed by atoms with Crippen LogP contribution < -0.4 is 0 Å². The first-order valence-electron chi connectivity index (χ1n) is 4.93. The van der Waals surface area contributed by atoms with Crippen LogP contribution in [0.3, 0.4) is 0 Å². The molecule has 0 atom stereocenters. The van der Waals surface area contributed by atoms with Gasteiger partial charge in [0.1, 0.15) is 12.2 Å². The third-order valence-corrected chi connectivity index (χ3v) is 2.75. The van der Waals surface area contributed by atoms with Crippen LogP contribution in [0.15, 0.2) is 28.7 Å². The summed E-state index contributed by atoms with van der Waals surface area (Å²) in [6.07, 6.45) is 0. The molecule has 2 rings (SSSR count). The van der Waals surface area contributed by atoms with Crippen molar-refractivity contribution in [3.63, 3.8) is 0 Å². The van der Waals surface area contributed by atoms with E-state index < -0.39 is 5.97 Å². The van der Waals surface area contributed by atoms with Gasteiger partial charge >= 0.3 is 5.97 Å². The van der Waals surface area contributed by atoms with Gasteiger partial charge in [0.05, 0.1) is 6.07 Å². The van der Waals surface area contributed by atoms with Crippen LogP contribution >= 0.6 is 15.9 Å². The number of rotatable bonds is 3. The number of carbonyl (C=O) groups is 1. The lowest BCUT2D eigenvalue weighted by atomic mass is 10.1. The first kappa shape index (κ1) is 12.3. The molecule has 2 aromatic rings. The molecule has 1 aromatic carbocycles. The summed E-state index contributed by atoms with van der Waals surface area (Å²) in [5.74, 6) is -1.17. The van der Waals surface area contributed by atoms with Gasteiger partial charge in [-0.3, -0.25) is 0 Å². The van der Waals surface area contributed by atoms with Gasteiger partial charge in [-0.1, -0.05) is 33.3 Å². The maximum atomic E-state index is 11.1. The molecule has 7 heteroatoms. The molecule has 18 heavy (non-hydrogen) atoms. The maximum Gasteiger partial charge on any atom is 0.358 e. The first-order chi connectivity index (χ1) is 8.63. The molecule has 0 unspecified atom stereocenters. The van der Waals surface area contributed by atoms with E-state index in [-0.39, 0.29) is 12.2 Å². The standard InChI is InChI=1S/C11H7BrN4O2/c12-8-3-1-2-7(6-8)10-9(11(17)18)14-15-16(10)5-4-13/h1-3,6H,5H2,(H,17,18). The fraction of sp³-hybridized carbons (Fsp3) is 0.0909. The van der Waals surface area contributed by atoms with Gasteiger partial charge in [0.2, 0.25) is 0 Å². The van der Waals surface area contributed by atoms with Gasteiger partial charge < -0.3 is 5.11 Å². The average Bonchev–Trinajstić information content (AvgIpc) is 2.73. The van der Waals surface area contributed by atoms with Gasteiger partial charge in [0.15, 0.2) is 5.69 Å². The number of hydrogen-bond donors (Lipinski definition) is 1. The molecule has 0 bridgehead atoms. The molecule has 0 amide bonds. The van der Waals surface area contributed by atoms with Crippen LogP contribution in [-0.2, 0) is 6.54 Å². The average molecular weight is 307 g/mol. The van der Waals surface area contributed by atoms with Crippen molar-refractivity contribution in [3.05, 3.63) is 34.4 Å². The Morgan fingerprint density at radius 1 is 1.56 bits per heavy atom. The summed E-state index contributed by atoms with van der Waals surface area (Å²) in [4.78, 5) is 11.1. The van der Waals surface area contributed by atoms with Crippen molar-refractivity contribution in [1.29, 1.82) is 5.26 Å². The molecule has 0 aliphatic heterocycles. The van der Waals surface area contributed by atoms with Crippen molar-refractivity contribution in [1.82, 2.24) is 15.0 Å². The minimum absolute atomic E-state index is 0.0534. The summed E-state index contributed by atoms with van der Waals surface area (Å²) in [6, 6.07) is 9.00. The summed E-state index contributed by atoms with van der Waals surface area (Å²) in [7, 11) is 0. The molecule has 1 heterocycles. The van der Waals surface area contributed by atoms with Crippen LogP contribution in [0.5, 0.6) is 0 Å². The Morgan fingerprint density at radius 2 is 2.33 bits per heavy atom. The Morgan fingerprint density at radius 3 is 2.94 bits per heavy atom. The second kappa shape index (κ2) is 4.98. The third-order valence-electron chi connectivity index (χ3n) is 2.26. The van der Waals surface area contributed by atoms with Crippen molar-refractivity contribution in [3.8, 4) is 17.3 Å². The minimum Gasteiger partial charge on any atom is -0.476 e. The number of benzene rings is 1. The molecule has 90 valence electrons. The van der Waals surface area contributed by atoms with Crippen LogP contribution in [0.1, 0.15) is 10.5 Å². The van der Waals surface area contributed by atoms with Crippen LogP contribution in [0.2, 0.25) is 0 Å². The summed E-state index contributed by atoms with van der Waals surface area (Å²) in [5.41, 5.74) is 0.802. The molecule has 1 N–H and O–H groups in total. The number of hydrogen-bond acceptors (Lipinski definition) is 4. The van der Waals surface area contributed by atoms with E-state index in [0.717, 1.165) is 4.47 Å². The predicted molar refractivity (Wildman–Crippen MR) is 65.7 cm³/mol. The van der Waals surface area contributed by atoms with Crippen LogP contribution in [0, 0.1) is 11.3 Å². The van der Waals surface area contributed by atoms with Crippen molar-refractivity contribution < 1.29 is 9.90 Å². The largest absolute Gasteiger partial charge is 0.476 e. The number of aromatic nitrogens is 3. The van der Waals surface area contributed by atoms with Gasteiger partial charge in [0, 0.05) is 10.0 Å². The normalized spacial score (nSPS) is 10.0. The van der Waals surface area contributed by atoms with Crippen molar-refractivity contribution >= 4 is 21.9 Å². The molecule has 6 nitrogen and oxygen atoms in total. The number of carboxylic acid groups (broad SMARTS) is 1. The lowest BCUT2D eigenvalue weighted by Gasteiger charge is -2.04.